The maximum absolute atomic E-state index is 12.2. The maximum Gasteiger partial charge on any atom is 0.234 e. The van der Waals surface area contributed by atoms with Crippen molar-refractivity contribution in [2.45, 2.75) is 25.0 Å². The molecule has 124 valence electrons. The molecule has 0 bridgehead atoms. The Morgan fingerprint density at radius 1 is 1.43 bits per heavy atom. The van der Waals surface area contributed by atoms with Crippen molar-refractivity contribution in [1.29, 1.82) is 0 Å². The van der Waals surface area contributed by atoms with Gasteiger partial charge < -0.3 is 14.8 Å². The number of carbonyl (C=O) groups excluding carboxylic acids is 1. The molecule has 1 aromatic heterocycles. The van der Waals surface area contributed by atoms with E-state index in [-0.39, 0.29) is 17.7 Å². The predicted octanol–water partition coefficient (Wildman–Crippen LogP) is 3.31. The molecule has 0 fully saturated rings. The van der Waals surface area contributed by atoms with Gasteiger partial charge in [-0.1, -0.05) is 23.4 Å². The first-order valence-electron chi connectivity index (χ1n) is 7.17. The van der Waals surface area contributed by atoms with E-state index in [2.05, 4.69) is 15.5 Å². The van der Waals surface area contributed by atoms with E-state index in [1.165, 1.54) is 11.8 Å². The third kappa shape index (κ3) is 4.62. The van der Waals surface area contributed by atoms with Gasteiger partial charge >= 0.3 is 0 Å². The van der Waals surface area contributed by atoms with Gasteiger partial charge in [-0.3, -0.25) is 4.79 Å². The second-order valence-electron chi connectivity index (χ2n) is 5.51. The lowest BCUT2D eigenvalue weighted by atomic mass is 10.2. The fourth-order valence-electron chi connectivity index (χ4n) is 2.00. The van der Waals surface area contributed by atoms with Crippen molar-refractivity contribution >= 4 is 40.6 Å². The molecule has 0 atom stereocenters. The number of benzene rings is 1. The first-order chi connectivity index (χ1) is 10.9. The molecule has 2 aromatic rings. The highest BCUT2D eigenvalue weighted by atomic mass is 35.5. The number of thioether (sulfide) groups is 1. The van der Waals surface area contributed by atoms with Gasteiger partial charge in [-0.05, 0) is 32.0 Å². The molecular weight excluding hydrogens is 334 g/mol. The quantitative estimate of drug-likeness (QED) is 0.807. The lowest BCUT2D eigenvalue weighted by molar-refractivity contribution is -0.113. The summed E-state index contributed by atoms with van der Waals surface area (Å²) in [6.45, 7) is 4.09. The van der Waals surface area contributed by atoms with Crippen LogP contribution in [-0.2, 0) is 4.79 Å². The van der Waals surface area contributed by atoms with Crippen molar-refractivity contribution in [2.24, 2.45) is 0 Å². The fourth-order valence-corrected chi connectivity index (χ4v) is 3.02. The minimum Gasteiger partial charge on any atom is -0.376 e. The van der Waals surface area contributed by atoms with Crippen LogP contribution < -0.4 is 10.2 Å². The van der Waals surface area contributed by atoms with Gasteiger partial charge in [0, 0.05) is 25.2 Å². The molecule has 0 spiro atoms. The number of amides is 1. The van der Waals surface area contributed by atoms with Crippen LogP contribution in [0.5, 0.6) is 0 Å². The van der Waals surface area contributed by atoms with Crippen LogP contribution >= 0.6 is 23.4 Å². The van der Waals surface area contributed by atoms with Gasteiger partial charge in [0.15, 0.2) is 5.16 Å². The zero-order chi connectivity index (χ0) is 17.0. The molecular formula is C15H20ClN5OS. The van der Waals surface area contributed by atoms with Crippen molar-refractivity contribution in [1.82, 2.24) is 14.8 Å². The molecule has 1 N–H and O–H groups in total. The summed E-state index contributed by atoms with van der Waals surface area (Å²) >= 11 is 7.38. The SMILES string of the molecule is CC(C)n1cnnc1SCC(=O)Nc1cc(Cl)ccc1N(C)C. The summed E-state index contributed by atoms with van der Waals surface area (Å²) in [6, 6.07) is 5.67. The first kappa shape index (κ1) is 17.6. The minimum absolute atomic E-state index is 0.112. The second kappa shape index (κ2) is 7.70. The normalized spacial score (nSPS) is 10.9. The number of aromatic nitrogens is 3. The number of hydrogen-bond acceptors (Lipinski definition) is 5. The van der Waals surface area contributed by atoms with E-state index in [0.717, 1.165) is 10.8 Å². The van der Waals surface area contributed by atoms with Gasteiger partial charge in [-0.15, -0.1) is 10.2 Å². The second-order valence-corrected chi connectivity index (χ2v) is 6.89. The Hall–Kier alpha value is -1.73. The summed E-state index contributed by atoms with van der Waals surface area (Å²) in [5.74, 6) is 0.142. The average molecular weight is 354 g/mol. The molecule has 1 amide bonds. The van der Waals surface area contributed by atoms with E-state index in [4.69, 9.17) is 11.6 Å². The van der Waals surface area contributed by atoms with Crippen molar-refractivity contribution in [3.63, 3.8) is 0 Å². The Labute approximate surface area is 145 Å². The van der Waals surface area contributed by atoms with Crippen molar-refractivity contribution in [3.05, 3.63) is 29.5 Å². The van der Waals surface area contributed by atoms with Crippen molar-refractivity contribution in [2.75, 3.05) is 30.1 Å². The van der Waals surface area contributed by atoms with Gasteiger partial charge in [0.05, 0.1) is 17.1 Å². The van der Waals surface area contributed by atoms with E-state index in [1.54, 1.807) is 18.5 Å². The third-order valence-corrected chi connectivity index (χ3v) is 4.34. The van der Waals surface area contributed by atoms with Crippen LogP contribution in [0.3, 0.4) is 0 Å². The molecule has 0 aliphatic rings. The van der Waals surface area contributed by atoms with Crippen LogP contribution in [0.1, 0.15) is 19.9 Å². The fraction of sp³-hybridized carbons (Fsp3) is 0.400. The van der Waals surface area contributed by atoms with Crippen LogP contribution in [0.4, 0.5) is 11.4 Å². The Kier molecular flexibility index (Phi) is 5.90. The summed E-state index contributed by atoms with van der Waals surface area (Å²) < 4.78 is 1.93. The Balaban J connectivity index is 2.03. The molecule has 0 saturated heterocycles. The number of anilines is 2. The number of halogens is 1. The van der Waals surface area contributed by atoms with E-state index >= 15 is 0 Å². The Bertz CT molecular complexity index is 686. The molecule has 0 unspecified atom stereocenters. The van der Waals surface area contributed by atoms with E-state index in [0.29, 0.717) is 10.7 Å². The molecule has 23 heavy (non-hydrogen) atoms. The van der Waals surface area contributed by atoms with Crippen LogP contribution in [-0.4, -0.2) is 40.5 Å². The molecule has 0 radical (unpaired) electrons. The standard InChI is InChI=1S/C15H20ClN5OS/c1-10(2)21-9-17-19-15(21)23-8-14(22)18-12-7-11(16)5-6-13(12)20(3)4/h5-7,9-10H,8H2,1-4H3,(H,18,22). The van der Waals surface area contributed by atoms with Crippen LogP contribution in [0.2, 0.25) is 5.02 Å². The number of nitrogens with one attached hydrogen (secondary N) is 1. The highest BCUT2D eigenvalue weighted by Crippen LogP contribution is 2.28. The number of rotatable bonds is 6. The predicted molar refractivity (Wildman–Crippen MR) is 95.5 cm³/mol. The lowest BCUT2D eigenvalue weighted by Gasteiger charge is -2.18. The average Bonchev–Trinajstić information content (AvgIpc) is 2.93. The molecule has 1 heterocycles. The number of hydrogen-bond donors (Lipinski definition) is 1. The van der Waals surface area contributed by atoms with Gasteiger partial charge in [-0.25, -0.2) is 0 Å². The van der Waals surface area contributed by atoms with Crippen LogP contribution in [0.25, 0.3) is 0 Å². The third-order valence-electron chi connectivity index (χ3n) is 3.14. The van der Waals surface area contributed by atoms with E-state index < -0.39 is 0 Å². The summed E-state index contributed by atoms with van der Waals surface area (Å²) in [6.07, 6.45) is 1.67. The monoisotopic (exact) mass is 353 g/mol. The van der Waals surface area contributed by atoms with Crippen molar-refractivity contribution < 1.29 is 4.79 Å². The highest BCUT2D eigenvalue weighted by molar-refractivity contribution is 7.99. The Morgan fingerprint density at radius 2 is 2.17 bits per heavy atom. The molecule has 8 heteroatoms. The summed E-state index contributed by atoms with van der Waals surface area (Å²) in [5.41, 5.74) is 1.59. The number of nitrogens with zero attached hydrogens (tertiary/aromatic N) is 4. The summed E-state index contributed by atoms with van der Waals surface area (Å²) in [5, 5.41) is 12.1. The van der Waals surface area contributed by atoms with Crippen molar-refractivity contribution in [3.8, 4) is 0 Å². The summed E-state index contributed by atoms with van der Waals surface area (Å²) in [4.78, 5) is 14.1. The zero-order valence-electron chi connectivity index (χ0n) is 13.6. The van der Waals surface area contributed by atoms with E-state index in [1.807, 2.05) is 43.5 Å². The molecule has 6 nitrogen and oxygen atoms in total. The highest BCUT2D eigenvalue weighted by Gasteiger charge is 2.13. The topological polar surface area (TPSA) is 63.1 Å². The first-order valence-corrected chi connectivity index (χ1v) is 8.54. The molecule has 0 saturated carbocycles. The largest absolute Gasteiger partial charge is 0.376 e. The Morgan fingerprint density at radius 3 is 2.83 bits per heavy atom. The molecule has 2 rings (SSSR count). The lowest BCUT2D eigenvalue weighted by Crippen LogP contribution is -2.18. The minimum atomic E-state index is -0.112. The van der Waals surface area contributed by atoms with Gasteiger partial charge in [-0.2, -0.15) is 0 Å². The van der Waals surface area contributed by atoms with Gasteiger partial charge in [0.25, 0.3) is 0 Å². The number of carbonyl (C=O) groups is 1. The summed E-state index contributed by atoms with van der Waals surface area (Å²) in [7, 11) is 3.83. The van der Waals surface area contributed by atoms with E-state index in [9.17, 15) is 4.79 Å². The van der Waals surface area contributed by atoms with Gasteiger partial charge in [0.1, 0.15) is 6.33 Å². The van der Waals surface area contributed by atoms with Crippen LogP contribution in [0, 0.1) is 0 Å². The van der Waals surface area contributed by atoms with Gasteiger partial charge in [0.2, 0.25) is 5.91 Å². The zero-order valence-corrected chi connectivity index (χ0v) is 15.1. The molecule has 0 aliphatic heterocycles. The molecule has 1 aromatic carbocycles. The van der Waals surface area contributed by atoms with Crippen LogP contribution in [0.15, 0.2) is 29.7 Å². The molecule has 0 aliphatic carbocycles. The smallest absolute Gasteiger partial charge is 0.234 e. The maximum atomic E-state index is 12.2.